The van der Waals surface area contributed by atoms with Crippen LogP contribution in [0, 0.1) is 11.7 Å². The Bertz CT molecular complexity index is 940. The van der Waals surface area contributed by atoms with Crippen LogP contribution in [0.5, 0.6) is 5.75 Å². The van der Waals surface area contributed by atoms with Crippen LogP contribution >= 0.6 is 0 Å². The molecular weight excluding hydrogens is 396 g/mol. The lowest BCUT2D eigenvalue weighted by atomic mass is 9.98. The number of carbonyl (C=O) groups excluding carboxylic acids is 1. The van der Waals surface area contributed by atoms with Crippen molar-refractivity contribution in [2.24, 2.45) is 5.92 Å². The Balaban J connectivity index is 1.63. The van der Waals surface area contributed by atoms with E-state index in [1.807, 2.05) is 11.9 Å². The molecule has 0 aliphatic carbocycles. The van der Waals surface area contributed by atoms with Gasteiger partial charge in [0, 0.05) is 24.2 Å². The summed E-state index contributed by atoms with van der Waals surface area (Å²) in [5.74, 6) is -2.68. The molecule has 1 aromatic heterocycles. The third-order valence-corrected chi connectivity index (χ3v) is 5.12. The molecule has 1 fully saturated rings. The second-order valence-electron chi connectivity index (χ2n) is 7.40. The number of fused-ring (bicyclic) bond motifs is 1. The second-order valence-corrected chi connectivity index (χ2v) is 7.40. The van der Waals surface area contributed by atoms with E-state index in [1.54, 1.807) is 11.8 Å². The number of benzene rings is 1. The average molecular weight is 414 g/mol. The number of hydrogen-bond donors (Lipinski definition) is 0. The van der Waals surface area contributed by atoms with Crippen molar-refractivity contribution in [3.8, 4) is 17.1 Å². The van der Waals surface area contributed by atoms with Gasteiger partial charge in [-0.15, -0.1) is 0 Å². The summed E-state index contributed by atoms with van der Waals surface area (Å²) in [6.45, 7) is 3.25. The Hall–Kier alpha value is -2.69. The maximum atomic E-state index is 14.8. The predicted molar refractivity (Wildman–Crippen MR) is 91.2 cm³/mol. The van der Waals surface area contributed by atoms with Crippen LogP contribution < -0.4 is 4.74 Å². The Morgan fingerprint density at radius 1 is 1.28 bits per heavy atom. The molecule has 2 aliphatic rings. The molecule has 0 spiro atoms. The van der Waals surface area contributed by atoms with Gasteiger partial charge >= 0.3 is 12.1 Å². The Morgan fingerprint density at radius 2 is 2.00 bits per heavy atom. The second kappa shape index (κ2) is 6.97. The topological polar surface area (TPSA) is 71.7 Å². The first-order valence-corrected chi connectivity index (χ1v) is 8.99. The molecule has 2 aromatic rings. The van der Waals surface area contributed by atoms with Crippen molar-refractivity contribution in [3.05, 3.63) is 29.4 Å². The van der Waals surface area contributed by atoms with Crippen molar-refractivity contribution in [2.75, 3.05) is 26.7 Å². The number of rotatable bonds is 2. The smallest absolute Gasteiger partial charge is 0.471 e. The summed E-state index contributed by atoms with van der Waals surface area (Å²) < 4.78 is 62.7. The molecule has 0 unspecified atom stereocenters. The van der Waals surface area contributed by atoms with Crippen LogP contribution in [0.4, 0.5) is 17.6 Å². The van der Waals surface area contributed by atoms with Gasteiger partial charge < -0.3 is 19.1 Å². The number of likely N-dealkylation sites (tertiary alicyclic amines) is 1. The summed E-state index contributed by atoms with van der Waals surface area (Å²) >= 11 is 0. The highest BCUT2D eigenvalue weighted by atomic mass is 19.4. The summed E-state index contributed by atoms with van der Waals surface area (Å²) in [6, 6.07) is 2.09. The van der Waals surface area contributed by atoms with Gasteiger partial charge in [-0.25, -0.2) is 4.39 Å². The van der Waals surface area contributed by atoms with Crippen LogP contribution in [0.2, 0.25) is 0 Å². The standard InChI is InChI=1S/C18H18F4N4O3/c1-9-8-28-14-4-10(15-23-17(29-24-15)18(20,21)22)3-13(19)12(14)7-26(9)16(27)11-5-25(2)6-11/h3-4,9,11H,5-8H2,1-2H3/t9-/m1/s1. The fraction of sp³-hybridized carbons (Fsp3) is 0.500. The molecule has 7 nitrogen and oxygen atoms in total. The van der Waals surface area contributed by atoms with E-state index in [1.165, 1.54) is 6.07 Å². The first-order chi connectivity index (χ1) is 13.6. The van der Waals surface area contributed by atoms with Crippen LogP contribution in [0.25, 0.3) is 11.4 Å². The molecule has 0 radical (unpaired) electrons. The minimum Gasteiger partial charge on any atom is -0.491 e. The molecule has 1 aromatic carbocycles. The number of ether oxygens (including phenoxy) is 1. The van der Waals surface area contributed by atoms with Gasteiger partial charge in [0.05, 0.1) is 18.5 Å². The Labute approximate surface area is 163 Å². The van der Waals surface area contributed by atoms with Gasteiger partial charge in [-0.3, -0.25) is 4.79 Å². The van der Waals surface area contributed by atoms with Gasteiger partial charge in [-0.2, -0.15) is 18.2 Å². The molecule has 156 valence electrons. The lowest BCUT2D eigenvalue weighted by Gasteiger charge is -2.39. The third kappa shape index (κ3) is 3.66. The molecule has 11 heteroatoms. The zero-order valence-electron chi connectivity index (χ0n) is 15.7. The minimum atomic E-state index is -4.79. The monoisotopic (exact) mass is 414 g/mol. The van der Waals surface area contributed by atoms with Gasteiger partial charge in [0.25, 0.3) is 0 Å². The third-order valence-electron chi connectivity index (χ3n) is 5.12. The van der Waals surface area contributed by atoms with E-state index < -0.39 is 23.7 Å². The molecule has 3 heterocycles. The van der Waals surface area contributed by atoms with Crippen LogP contribution in [0.3, 0.4) is 0 Å². The van der Waals surface area contributed by atoms with Crippen molar-refractivity contribution in [2.45, 2.75) is 25.7 Å². The molecule has 1 atom stereocenters. The summed E-state index contributed by atoms with van der Waals surface area (Å²) in [5.41, 5.74) is 0.159. The SMILES string of the molecule is C[C@@H]1COc2cc(-c3noc(C(F)(F)F)n3)cc(F)c2CN1C(=O)C1CN(C)C1. The van der Waals surface area contributed by atoms with E-state index in [0.717, 1.165) is 6.07 Å². The van der Waals surface area contributed by atoms with E-state index in [2.05, 4.69) is 14.7 Å². The molecule has 0 bridgehead atoms. The van der Waals surface area contributed by atoms with Gasteiger partial charge in [0.1, 0.15) is 18.2 Å². The quantitative estimate of drug-likeness (QED) is 0.704. The number of carbonyl (C=O) groups is 1. The van der Waals surface area contributed by atoms with Gasteiger partial charge in [-0.1, -0.05) is 5.16 Å². The Morgan fingerprint density at radius 3 is 2.62 bits per heavy atom. The number of aromatic nitrogens is 2. The van der Waals surface area contributed by atoms with Gasteiger partial charge in [0.15, 0.2) is 0 Å². The van der Waals surface area contributed by atoms with Crippen LogP contribution in [-0.4, -0.2) is 58.6 Å². The molecular formula is C18H18F4N4O3. The summed E-state index contributed by atoms with van der Waals surface area (Å²) in [5, 5.41) is 3.28. The molecule has 29 heavy (non-hydrogen) atoms. The first kappa shape index (κ1) is 19.6. The van der Waals surface area contributed by atoms with Crippen LogP contribution in [-0.2, 0) is 17.5 Å². The van der Waals surface area contributed by atoms with Crippen molar-refractivity contribution >= 4 is 5.91 Å². The van der Waals surface area contributed by atoms with Crippen molar-refractivity contribution < 1.29 is 31.6 Å². The van der Waals surface area contributed by atoms with Gasteiger partial charge in [-0.05, 0) is 26.1 Å². The average Bonchev–Trinajstić information content (AvgIpc) is 3.06. The molecule has 1 amide bonds. The van der Waals surface area contributed by atoms with Crippen molar-refractivity contribution in [1.29, 1.82) is 0 Å². The number of halogens is 4. The summed E-state index contributed by atoms with van der Waals surface area (Å²) in [6.07, 6.45) is -4.79. The lowest BCUT2D eigenvalue weighted by Crippen LogP contribution is -2.54. The number of amides is 1. The Kier molecular flexibility index (Phi) is 4.72. The van der Waals surface area contributed by atoms with Crippen molar-refractivity contribution in [3.63, 3.8) is 0 Å². The fourth-order valence-electron chi connectivity index (χ4n) is 3.49. The van der Waals surface area contributed by atoms with Crippen LogP contribution in [0.1, 0.15) is 18.4 Å². The zero-order valence-corrected chi connectivity index (χ0v) is 15.7. The first-order valence-electron chi connectivity index (χ1n) is 8.99. The highest BCUT2D eigenvalue weighted by molar-refractivity contribution is 5.80. The molecule has 2 aliphatic heterocycles. The van der Waals surface area contributed by atoms with Crippen LogP contribution in [0.15, 0.2) is 16.7 Å². The van der Waals surface area contributed by atoms with E-state index in [0.29, 0.717) is 13.1 Å². The van der Waals surface area contributed by atoms with Crippen molar-refractivity contribution in [1.82, 2.24) is 19.9 Å². The molecule has 0 N–H and O–H groups in total. The van der Waals surface area contributed by atoms with E-state index in [9.17, 15) is 22.4 Å². The maximum absolute atomic E-state index is 14.8. The van der Waals surface area contributed by atoms with Gasteiger partial charge in [0.2, 0.25) is 11.7 Å². The highest BCUT2D eigenvalue weighted by Crippen LogP contribution is 2.35. The molecule has 4 rings (SSSR count). The normalized spacial score (nSPS) is 20.6. The maximum Gasteiger partial charge on any atom is 0.471 e. The zero-order chi connectivity index (χ0) is 20.9. The largest absolute Gasteiger partial charge is 0.491 e. The number of nitrogens with zero attached hydrogens (tertiary/aromatic N) is 4. The molecule has 1 saturated heterocycles. The van der Waals surface area contributed by atoms with E-state index >= 15 is 0 Å². The number of hydrogen-bond acceptors (Lipinski definition) is 6. The summed E-state index contributed by atoms with van der Waals surface area (Å²) in [4.78, 5) is 19.7. The van der Waals surface area contributed by atoms with E-state index in [-0.39, 0.29) is 47.9 Å². The highest BCUT2D eigenvalue weighted by Gasteiger charge is 2.39. The minimum absolute atomic E-state index is 0.00597. The summed E-state index contributed by atoms with van der Waals surface area (Å²) in [7, 11) is 1.91. The predicted octanol–water partition coefficient (Wildman–Crippen LogP) is 2.57. The lowest BCUT2D eigenvalue weighted by molar-refractivity contribution is -0.159. The molecule has 0 saturated carbocycles. The van der Waals surface area contributed by atoms with E-state index in [4.69, 9.17) is 4.74 Å². The number of alkyl halides is 3. The fourth-order valence-corrected chi connectivity index (χ4v) is 3.49.